The van der Waals surface area contributed by atoms with Gasteiger partial charge >= 0.3 is 0 Å². The van der Waals surface area contributed by atoms with Crippen molar-refractivity contribution in [3.63, 3.8) is 0 Å². The smallest absolute Gasteiger partial charge is 0.253 e. The SMILES string of the molecule is COC(C)Cn1c(-c2cc(C)c(=O)n(C)c2)nc2cc(CO)ccc21. The second-order valence-electron chi connectivity index (χ2n) is 6.40. The maximum atomic E-state index is 12.0. The van der Waals surface area contributed by atoms with Crippen molar-refractivity contribution < 1.29 is 9.84 Å². The van der Waals surface area contributed by atoms with Crippen LogP contribution in [0.5, 0.6) is 0 Å². The molecule has 1 atom stereocenters. The largest absolute Gasteiger partial charge is 0.392 e. The molecule has 0 radical (unpaired) electrons. The Morgan fingerprint density at radius 1 is 1.32 bits per heavy atom. The van der Waals surface area contributed by atoms with Crippen LogP contribution in [-0.4, -0.2) is 32.4 Å². The fourth-order valence-electron chi connectivity index (χ4n) is 3.01. The Labute approximate surface area is 146 Å². The van der Waals surface area contributed by atoms with Crippen molar-refractivity contribution >= 4 is 11.0 Å². The maximum absolute atomic E-state index is 12.0. The number of ether oxygens (including phenoxy) is 1. The van der Waals surface area contributed by atoms with E-state index >= 15 is 0 Å². The summed E-state index contributed by atoms with van der Waals surface area (Å²) in [5, 5.41) is 9.38. The fourth-order valence-corrected chi connectivity index (χ4v) is 3.01. The molecule has 0 spiro atoms. The number of hydrogen-bond acceptors (Lipinski definition) is 4. The highest BCUT2D eigenvalue weighted by molar-refractivity contribution is 5.81. The van der Waals surface area contributed by atoms with Crippen LogP contribution in [0.1, 0.15) is 18.1 Å². The second-order valence-corrected chi connectivity index (χ2v) is 6.40. The molecule has 2 aromatic heterocycles. The molecule has 1 N–H and O–H groups in total. The van der Waals surface area contributed by atoms with Gasteiger partial charge in [0.1, 0.15) is 5.82 Å². The molecule has 1 aromatic carbocycles. The number of methoxy groups -OCH3 is 1. The van der Waals surface area contributed by atoms with Gasteiger partial charge in [0.2, 0.25) is 0 Å². The minimum atomic E-state index is -0.0223. The zero-order valence-corrected chi connectivity index (χ0v) is 15.0. The van der Waals surface area contributed by atoms with E-state index in [0.29, 0.717) is 12.1 Å². The summed E-state index contributed by atoms with van der Waals surface area (Å²) in [4.78, 5) is 16.8. The highest BCUT2D eigenvalue weighted by Crippen LogP contribution is 2.26. The number of aliphatic hydroxyl groups is 1. The van der Waals surface area contributed by atoms with Crippen molar-refractivity contribution in [1.29, 1.82) is 0 Å². The molecule has 3 aromatic rings. The third-order valence-electron chi connectivity index (χ3n) is 4.46. The number of aromatic nitrogens is 3. The number of aliphatic hydroxyl groups excluding tert-OH is 1. The lowest BCUT2D eigenvalue weighted by Crippen LogP contribution is -2.19. The molecule has 0 aliphatic heterocycles. The summed E-state index contributed by atoms with van der Waals surface area (Å²) in [6, 6.07) is 7.62. The monoisotopic (exact) mass is 341 g/mol. The molecular weight excluding hydrogens is 318 g/mol. The van der Waals surface area contributed by atoms with Gasteiger partial charge in [0, 0.05) is 31.5 Å². The van der Waals surface area contributed by atoms with E-state index in [4.69, 9.17) is 9.72 Å². The van der Waals surface area contributed by atoms with Crippen LogP contribution >= 0.6 is 0 Å². The number of fused-ring (bicyclic) bond motifs is 1. The van der Waals surface area contributed by atoms with Gasteiger partial charge in [0.25, 0.3) is 5.56 Å². The summed E-state index contributed by atoms with van der Waals surface area (Å²) in [7, 11) is 3.43. The molecule has 1 unspecified atom stereocenters. The lowest BCUT2D eigenvalue weighted by Gasteiger charge is -2.15. The quantitative estimate of drug-likeness (QED) is 0.773. The first-order chi connectivity index (χ1) is 11.9. The number of nitrogens with zero attached hydrogens (tertiary/aromatic N) is 3. The second kappa shape index (κ2) is 6.82. The van der Waals surface area contributed by atoms with Gasteiger partial charge in [-0.2, -0.15) is 0 Å². The van der Waals surface area contributed by atoms with Crippen LogP contribution in [-0.2, 0) is 24.9 Å². The van der Waals surface area contributed by atoms with Crippen LogP contribution < -0.4 is 5.56 Å². The Hall–Kier alpha value is -2.44. The molecule has 6 nitrogen and oxygen atoms in total. The zero-order valence-electron chi connectivity index (χ0n) is 15.0. The predicted octanol–water partition coefficient (Wildman–Crippen LogP) is 2.24. The van der Waals surface area contributed by atoms with Crippen LogP contribution in [0.15, 0.2) is 35.3 Å². The Morgan fingerprint density at radius 3 is 2.72 bits per heavy atom. The van der Waals surface area contributed by atoms with Crippen LogP contribution in [0.4, 0.5) is 0 Å². The normalized spacial score (nSPS) is 12.7. The van der Waals surface area contributed by atoms with Gasteiger partial charge in [-0.1, -0.05) is 6.07 Å². The topological polar surface area (TPSA) is 69.3 Å². The lowest BCUT2D eigenvalue weighted by molar-refractivity contribution is 0.104. The van der Waals surface area contributed by atoms with Crippen molar-refractivity contribution in [2.75, 3.05) is 7.11 Å². The molecule has 0 aliphatic carbocycles. The van der Waals surface area contributed by atoms with E-state index in [-0.39, 0.29) is 18.3 Å². The number of benzene rings is 1. The lowest BCUT2D eigenvalue weighted by atomic mass is 10.2. The van der Waals surface area contributed by atoms with E-state index < -0.39 is 0 Å². The van der Waals surface area contributed by atoms with Crippen molar-refractivity contribution in [1.82, 2.24) is 14.1 Å². The molecule has 2 heterocycles. The van der Waals surface area contributed by atoms with E-state index in [1.807, 2.05) is 31.2 Å². The Bertz CT molecular complexity index is 946. The van der Waals surface area contributed by atoms with E-state index in [2.05, 4.69) is 4.57 Å². The molecule has 0 amide bonds. The van der Waals surface area contributed by atoms with E-state index in [1.165, 1.54) is 0 Å². The Morgan fingerprint density at radius 2 is 2.08 bits per heavy atom. The van der Waals surface area contributed by atoms with Crippen LogP contribution in [0, 0.1) is 6.92 Å². The molecule has 0 saturated heterocycles. The highest BCUT2D eigenvalue weighted by Gasteiger charge is 2.16. The summed E-state index contributed by atoms with van der Waals surface area (Å²) in [6.07, 6.45) is 1.82. The average Bonchev–Trinajstić information content (AvgIpc) is 2.96. The Balaban J connectivity index is 2.25. The van der Waals surface area contributed by atoms with E-state index in [1.54, 1.807) is 31.8 Å². The summed E-state index contributed by atoms with van der Waals surface area (Å²) in [6.45, 7) is 4.43. The fraction of sp³-hybridized carbons (Fsp3) is 0.368. The average molecular weight is 341 g/mol. The first-order valence-electron chi connectivity index (χ1n) is 8.25. The van der Waals surface area contributed by atoms with Gasteiger partial charge < -0.3 is 19.0 Å². The highest BCUT2D eigenvalue weighted by atomic mass is 16.5. The third-order valence-corrected chi connectivity index (χ3v) is 4.46. The standard InChI is InChI=1S/C19H23N3O3/c1-12-7-15(10-21(3)19(12)24)18-20-16-8-14(11-23)5-6-17(16)22(18)9-13(2)25-4/h5-8,10,13,23H,9,11H2,1-4H3. The molecular formula is C19H23N3O3. The zero-order chi connectivity index (χ0) is 18.1. The Kier molecular flexibility index (Phi) is 4.74. The van der Waals surface area contributed by atoms with Gasteiger partial charge in [-0.3, -0.25) is 4.79 Å². The summed E-state index contributed by atoms with van der Waals surface area (Å²) < 4.78 is 9.11. The van der Waals surface area contributed by atoms with Gasteiger partial charge in [-0.15, -0.1) is 0 Å². The van der Waals surface area contributed by atoms with Crippen molar-refractivity contribution in [3.8, 4) is 11.4 Å². The molecule has 0 fully saturated rings. The first-order valence-corrected chi connectivity index (χ1v) is 8.25. The van der Waals surface area contributed by atoms with Crippen LogP contribution in [0.25, 0.3) is 22.4 Å². The third kappa shape index (κ3) is 3.23. The van der Waals surface area contributed by atoms with Crippen molar-refractivity contribution in [2.24, 2.45) is 7.05 Å². The number of aryl methyl sites for hydroxylation is 2. The molecule has 0 saturated carbocycles. The summed E-state index contributed by atoms with van der Waals surface area (Å²) in [5.41, 5.74) is 4.15. The summed E-state index contributed by atoms with van der Waals surface area (Å²) in [5.74, 6) is 0.785. The number of pyridine rings is 1. The van der Waals surface area contributed by atoms with E-state index in [0.717, 1.165) is 28.0 Å². The molecule has 0 aliphatic rings. The molecule has 6 heteroatoms. The van der Waals surface area contributed by atoms with Crippen LogP contribution in [0.3, 0.4) is 0 Å². The number of hydrogen-bond donors (Lipinski definition) is 1. The maximum Gasteiger partial charge on any atom is 0.253 e. The molecule has 0 bridgehead atoms. The van der Waals surface area contributed by atoms with Gasteiger partial charge in [0.05, 0.1) is 30.3 Å². The van der Waals surface area contributed by atoms with Crippen molar-refractivity contribution in [3.05, 3.63) is 51.9 Å². The van der Waals surface area contributed by atoms with E-state index in [9.17, 15) is 9.90 Å². The minimum Gasteiger partial charge on any atom is -0.392 e. The molecule has 3 rings (SSSR count). The number of rotatable bonds is 5. The molecule has 25 heavy (non-hydrogen) atoms. The van der Waals surface area contributed by atoms with Gasteiger partial charge in [-0.25, -0.2) is 4.98 Å². The van der Waals surface area contributed by atoms with Crippen LogP contribution in [0.2, 0.25) is 0 Å². The number of imidazole rings is 1. The molecule has 132 valence electrons. The minimum absolute atomic E-state index is 0.0146. The summed E-state index contributed by atoms with van der Waals surface area (Å²) >= 11 is 0. The first kappa shape index (κ1) is 17.4. The van der Waals surface area contributed by atoms with Crippen molar-refractivity contribution in [2.45, 2.75) is 33.1 Å². The predicted molar refractivity (Wildman–Crippen MR) is 97.5 cm³/mol. The van der Waals surface area contributed by atoms with Gasteiger partial charge in [-0.05, 0) is 37.6 Å². The van der Waals surface area contributed by atoms with Gasteiger partial charge in [0.15, 0.2) is 0 Å².